The zero-order chi connectivity index (χ0) is 18.0. The lowest BCUT2D eigenvalue weighted by atomic mass is 9.88. The van der Waals surface area contributed by atoms with Crippen LogP contribution in [-0.2, 0) is 4.74 Å². The number of pyridine rings is 2. The van der Waals surface area contributed by atoms with Crippen molar-refractivity contribution in [3.05, 3.63) is 34.4 Å². The molecule has 134 valence electrons. The molecule has 0 spiro atoms. The van der Waals surface area contributed by atoms with Crippen LogP contribution in [-0.4, -0.2) is 28.7 Å². The van der Waals surface area contributed by atoms with E-state index in [4.69, 9.17) is 33.7 Å². The molecule has 3 heterocycles. The number of nitrogens with zero attached hydrogens (tertiary/aromatic N) is 2. The number of anilines is 2. The quantitative estimate of drug-likeness (QED) is 0.807. The molecule has 1 fully saturated rings. The number of nitrogen functional groups attached to an aromatic ring is 1. The largest absolute Gasteiger partial charge is 0.384 e. The Hall–Kier alpha value is -1.56. The van der Waals surface area contributed by atoms with Crippen LogP contribution in [0.3, 0.4) is 0 Å². The SMILES string of the molecule is CC1(C)CC(CNc2ccc(Cl)c(-c3cc(N)ncc3Cl)n2)CCO1. The molecule has 1 aliphatic rings. The maximum Gasteiger partial charge on any atom is 0.126 e. The molecule has 0 aromatic carbocycles. The summed E-state index contributed by atoms with van der Waals surface area (Å²) >= 11 is 12.5. The monoisotopic (exact) mass is 380 g/mol. The van der Waals surface area contributed by atoms with Crippen molar-refractivity contribution in [1.82, 2.24) is 9.97 Å². The first-order chi connectivity index (χ1) is 11.8. The van der Waals surface area contributed by atoms with E-state index in [1.807, 2.05) is 12.1 Å². The van der Waals surface area contributed by atoms with E-state index in [1.165, 1.54) is 6.20 Å². The molecule has 25 heavy (non-hydrogen) atoms. The third kappa shape index (κ3) is 4.54. The van der Waals surface area contributed by atoms with Crippen LogP contribution in [0.2, 0.25) is 10.0 Å². The van der Waals surface area contributed by atoms with Crippen molar-refractivity contribution in [2.45, 2.75) is 32.3 Å². The molecule has 1 atom stereocenters. The van der Waals surface area contributed by atoms with Gasteiger partial charge in [-0.05, 0) is 50.8 Å². The first kappa shape index (κ1) is 18.2. The minimum atomic E-state index is -0.0642. The van der Waals surface area contributed by atoms with Gasteiger partial charge in [-0.3, -0.25) is 0 Å². The number of halogens is 2. The highest BCUT2D eigenvalue weighted by molar-refractivity contribution is 6.36. The Morgan fingerprint density at radius 1 is 1.32 bits per heavy atom. The van der Waals surface area contributed by atoms with Crippen LogP contribution in [0.25, 0.3) is 11.3 Å². The predicted molar refractivity (Wildman–Crippen MR) is 103 cm³/mol. The summed E-state index contributed by atoms with van der Waals surface area (Å²) in [6.45, 7) is 5.90. The summed E-state index contributed by atoms with van der Waals surface area (Å²) in [5.41, 5.74) is 6.97. The smallest absolute Gasteiger partial charge is 0.126 e. The van der Waals surface area contributed by atoms with Crippen molar-refractivity contribution in [2.75, 3.05) is 24.2 Å². The molecule has 2 aromatic rings. The number of nitrogens with one attached hydrogen (secondary N) is 1. The second kappa shape index (κ2) is 7.36. The van der Waals surface area contributed by atoms with Gasteiger partial charge in [0.05, 0.1) is 21.3 Å². The van der Waals surface area contributed by atoms with Gasteiger partial charge in [0, 0.05) is 24.9 Å². The molecule has 0 saturated carbocycles. The Labute approximate surface area is 157 Å². The third-order valence-corrected chi connectivity index (χ3v) is 4.95. The van der Waals surface area contributed by atoms with Crippen LogP contribution >= 0.6 is 23.2 Å². The highest BCUT2D eigenvalue weighted by Gasteiger charge is 2.28. The third-order valence-electron chi connectivity index (χ3n) is 4.35. The summed E-state index contributed by atoms with van der Waals surface area (Å²) in [5.74, 6) is 1.68. The fourth-order valence-electron chi connectivity index (χ4n) is 3.15. The maximum absolute atomic E-state index is 6.31. The Balaban J connectivity index is 1.77. The van der Waals surface area contributed by atoms with Crippen LogP contribution in [0.5, 0.6) is 0 Å². The second-order valence-corrected chi connectivity index (χ2v) is 7.78. The molecular formula is C18H22Cl2N4O. The van der Waals surface area contributed by atoms with Crippen LogP contribution in [0, 0.1) is 5.92 Å². The lowest BCUT2D eigenvalue weighted by molar-refractivity contribution is -0.0699. The molecule has 2 aromatic heterocycles. The van der Waals surface area contributed by atoms with Gasteiger partial charge in [0.15, 0.2) is 0 Å². The summed E-state index contributed by atoms with van der Waals surface area (Å²) in [7, 11) is 0. The van der Waals surface area contributed by atoms with E-state index in [9.17, 15) is 0 Å². The van der Waals surface area contributed by atoms with Gasteiger partial charge < -0.3 is 15.8 Å². The summed E-state index contributed by atoms with van der Waals surface area (Å²) < 4.78 is 5.77. The summed E-state index contributed by atoms with van der Waals surface area (Å²) in [5, 5.41) is 4.39. The zero-order valence-corrected chi connectivity index (χ0v) is 15.9. The van der Waals surface area contributed by atoms with Crippen molar-refractivity contribution >= 4 is 34.8 Å². The summed E-state index contributed by atoms with van der Waals surface area (Å²) in [4.78, 5) is 8.60. The van der Waals surface area contributed by atoms with E-state index in [0.29, 0.717) is 33.0 Å². The minimum Gasteiger partial charge on any atom is -0.384 e. The van der Waals surface area contributed by atoms with E-state index in [0.717, 1.165) is 31.8 Å². The van der Waals surface area contributed by atoms with Crippen LogP contribution < -0.4 is 11.1 Å². The van der Waals surface area contributed by atoms with Gasteiger partial charge in [-0.25, -0.2) is 9.97 Å². The summed E-state index contributed by atoms with van der Waals surface area (Å²) in [6.07, 6.45) is 3.57. The highest BCUT2D eigenvalue weighted by atomic mass is 35.5. The van der Waals surface area contributed by atoms with Crippen molar-refractivity contribution in [3.8, 4) is 11.3 Å². The van der Waals surface area contributed by atoms with Gasteiger partial charge >= 0.3 is 0 Å². The Morgan fingerprint density at radius 2 is 2.12 bits per heavy atom. The molecule has 1 saturated heterocycles. The molecule has 0 radical (unpaired) electrons. The van der Waals surface area contributed by atoms with E-state index in [2.05, 4.69) is 29.1 Å². The maximum atomic E-state index is 6.31. The summed E-state index contributed by atoms with van der Waals surface area (Å²) in [6, 6.07) is 5.36. The molecular weight excluding hydrogens is 359 g/mol. The van der Waals surface area contributed by atoms with Crippen LogP contribution in [0.1, 0.15) is 26.7 Å². The highest BCUT2D eigenvalue weighted by Crippen LogP contribution is 2.33. The molecule has 7 heteroatoms. The average Bonchev–Trinajstić information content (AvgIpc) is 2.56. The minimum absolute atomic E-state index is 0.0642. The van der Waals surface area contributed by atoms with E-state index < -0.39 is 0 Å². The van der Waals surface area contributed by atoms with Gasteiger partial charge in [-0.2, -0.15) is 0 Å². The normalized spacial score (nSPS) is 19.6. The van der Waals surface area contributed by atoms with E-state index in [1.54, 1.807) is 6.07 Å². The Kier molecular flexibility index (Phi) is 5.37. The average molecular weight is 381 g/mol. The van der Waals surface area contributed by atoms with Gasteiger partial charge in [0.1, 0.15) is 11.6 Å². The first-order valence-corrected chi connectivity index (χ1v) is 9.05. The number of hydrogen-bond acceptors (Lipinski definition) is 5. The molecule has 1 aliphatic heterocycles. The number of ether oxygens (including phenoxy) is 1. The van der Waals surface area contributed by atoms with Gasteiger partial charge in [-0.15, -0.1) is 0 Å². The number of rotatable bonds is 4. The number of aromatic nitrogens is 2. The van der Waals surface area contributed by atoms with Crippen molar-refractivity contribution in [1.29, 1.82) is 0 Å². The van der Waals surface area contributed by atoms with Crippen molar-refractivity contribution in [2.24, 2.45) is 5.92 Å². The van der Waals surface area contributed by atoms with Gasteiger partial charge in [0.25, 0.3) is 0 Å². The van der Waals surface area contributed by atoms with Crippen molar-refractivity contribution < 1.29 is 4.74 Å². The van der Waals surface area contributed by atoms with Crippen LogP contribution in [0.4, 0.5) is 11.6 Å². The standard InChI is InChI=1S/C18H22Cl2N4O/c1-18(2)8-11(5-6-25-18)9-23-16-4-3-13(19)17(24-16)12-7-15(21)22-10-14(12)20/h3-4,7,10-11H,5-6,8-9H2,1-2H3,(H2,21,22)(H,23,24). The molecule has 1 unspecified atom stereocenters. The Morgan fingerprint density at radius 3 is 2.88 bits per heavy atom. The van der Waals surface area contributed by atoms with E-state index >= 15 is 0 Å². The first-order valence-electron chi connectivity index (χ1n) is 8.30. The zero-order valence-electron chi connectivity index (χ0n) is 14.4. The topological polar surface area (TPSA) is 73.1 Å². The van der Waals surface area contributed by atoms with Gasteiger partial charge in [-0.1, -0.05) is 23.2 Å². The van der Waals surface area contributed by atoms with Crippen molar-refractivity contribution in [3.63, 3.8) is 0 Å². The molecule has 0 bridgehead atoms. The number of nitrogens with two attached hydrogens (primary N) is 1. The number of hydrogen-bond donors (Lipinski definition) is 2. The molecule has 3 rings (SSSR count). The van der Waals surface area contributed by atoms with Gasteiger partial charge in [0.2, 0.25) is 0 Å². The van der Waals surface area contributed by atoms with E-state index in [-0.39, 0.29) is 5.60 Å². The molecule has 0 aliphatic carbocycles. The second-order valence-electron chi connectivity index (χ2n) is 6.96. The van der Waals surface area contributed by atoms with Crippen LogP contribution in [0.15, 0.2) is 24.4 Å². The molecule has 0 amide bonds. The fraction of sp³-hybridized carbons (Fsp3) is 0.444. The molecule has 3 N–H and O–H groups in total. The fourth-order valence-corrected chi connectivity index (χ4v) is 3.55. The predicted octanol–water partition coefficient (Wildman–Crippen LogP) is 4.65. The Bertz CT molecular complexity index is 767. The molecule has 5 nitrogen and oxygen atoms in total. The lowest BCUT2D eigenvalue weighted by Gasteiger charge is -2.35. The lowest BCUT2D eigenvalue weighted by Crippen LogP contribution is -2.36.